The third-order valence-corrected chi connectivity index (χ3v) is 5.01. The lowest BCUT2D eigenvalue weighted by Crippen LogP contribution is -2.08. The van der Waals surface area contributed by atoms with Crippen molar-refractivity contribution in [3.05, 3.63) is 55.2 Å². The highest BCUT2D eigenvalue weighted by molar-refractivity contribution is 9.11. The van der Waals surface area contributed by atoms with Gasteiger partial charge in [0.15, 0.2) is 0 Å². The van der Waals surface area contributed by atoms with Crippen LogP contribution in [0.25, 0.3) is 0 Å². The number of rotatable bonds is 2. The molecule has 0 atom stereocenters. The first kappa shape index (κ1) is 15.3. The Morgan fingerprint density at radius 1 is 1.15 bits per heavy atom. The summed E-state index contributed by atoms with van der Waals surface area (Å²) in [5.74, 6) is -0.255. The summed E-state index contributed by atoms with van der Waals surface area (Å²) >= 11 is 4.61. The van der Waals surface area contributed by atoms with E-state index in [1.54, 1.807) is 6.07 Å². The van der Waals surface area contributed by atoms with Crippen LogP contribution in [0.3, 0.4) is 0 Å². The van der Waals surface area contributed by atoms with Gasteiger partial charge < -0.3 is 0 Å². The molecule has 1 heterocycles. The largest absolute Gasteiger partial charge is 0.416 e. The third kappa shape index (κ3) is 2.96. The number of carbonyl (C=O) groups excluding carboxylic acids is 1. The van der Waals surface area contributed by atoms with Crippen LogP contribution in [0.4, 0.5) is 13.2 Å². The van der Waals surface area contributed by atoms with Crippen LogP contribution in [-0.2, 0) is 6.18 Å². The van der Waals surface area contributed by atoms with Crippen molar-refractivity contribution in [2.75, 3.05) is 0 Å². The van der Waals surface area contributed by atoms with Gasteiger partial charge in [-0.15, -0.1) is 11.3 Å². The minimum absolute atomic E-state index is 0.255. The molecule has 0 spiro atoms. The van der Waals surface area contributed by atoms with Gasteiger partial charge in [0.1, 0.15) is 0 Å². The van der Waals surface area contributed by atoms with Crippen LogP contribution in [0.15, 0.2) is 28.1 Å². The first-order valence-electron chi connectivity index (χ1n) is 5.68. The van der Waals surface area contributed by atoms with Gasteiger partial charge in [-0.1, -0.05) is 6.07 Å². The average Bonchev–Trinajstić information content (AvgIpc) is 2.67. The molecule has 0 saturated heterocycles. The Labute approximate surface area is 126 Å². The lowest BCUT2D eigenvalue weighted by Gasteiger charge is -2.09. The highest BCUT2D eigenvalue weighted by atomic mass is 79.9. The predicted octanol–water partition coefficient (Wildman–Crippen LogP) is 5.38. The van der Waals surface area contributed by atoms with Gasteiger partial charge in [-0.3, -0.25) is 4.79 Å². The second kappa shape index (κ2) is 5.33. The van der Waals surface area contributed by atoms with Crippen LogP contribution >= 0.6 is 27.3 Å². The van der Waals surface area contributed by atoms with Gasteiger partial charge in [0.25, 0.3) is 0 Å². The molecular weight excluding hydrogens is 353 g/mol. The fraction of sp³-hybridized carbons (Fsp3) is 0.214. The summed E-state index contributed by atoms with van der Waals surface area (Å²) in [6, 6.07) is 4.91. The van der Waals surface area contributed by atoms with Crippen molar-refractivity contribution in [1.82, 2.24) is 0 Å². The Hall–Kier alpha value is -1.14. The summed E-state index contributed by atoms with van der Waals surface area (Å²) in [4.78, 5) is 12.8. The molecule has 2 rings (SSSR count). The van der Waals surface area contributed by atoms with Crippen molar-refractivity contribution in [3.63, 3.8) is 0 Å². The SMILES string of the molecule is Cc1cc(C(F)(F)F)ccc1C(=O)c1cc(C)c(Br)s1. The molecule has 0 aliphatic carbocycles. The van der Waals surface area contributed by atoms with Gasteiger partial charge in [-0.25, -0.2) is 0 Å². The van der Waals surface area contributed by atoms with E-state index in [-0.39, 0.29) is 5.78 Å². The van der Waals surface area contributed by atoms with Crippen LogP contribution in [0, 0.1) is 13.8 Å². The van der Waals surface area contributed by atoms with Gasteiger partial charge in [0.2, 0.25) is 5.78 Å². The summed E-state index contributed by atoms with van der Waals surface area (Å²) in [5.41, 5.74) is 0.816. The minimum atomic E-state index is -4.39. The standard InChI is InChI=1S/C14H10BrF3OS/c1-7-5-9(14(16,17)18)3-4-10(7)12(19)11-6-8(2)13(15)20-11/h3-6H,1-2H3. The summed E-state index contributed by atoms with van der Waals surface area (Å²) < 4.78 is 38.6. The molecule has 6 heteroatoms. The Bertz CT molecular complexity index is 654. The second-order valence-corrected chi connectivity index (χ2v) is 6.79. The maximum atomic E-state index is 12.6. The maximum Gasteiger partial charge on any atom is 0.416 e. The molecule has 0 aliphatic rings. The Kier molecular flexibility index (Phi) is 4.07. The molecule has 2 aromatic rings. The van der Waals surface area contributed by atoms with Crippen LogP contribution < -0.4 is 0 Å². The van der Waals surface area contributed by atoms with Gasteiger partial charge in [-0.05, 0) is 59.1 Å². The van der Waals surface area contributed by atoms with E-state index in [0.717, 1.165) is 21.5 Å². The number of hydrogen-bond donors (Lipinski definition) is 0. The highest BCUT2D eigenvalue weighted by Crippen LogP contribution is 2.32. The third-order valence-electron chi connectivity index (χ3n) is 2.88. The Morgan fingerprint density at radius 3 is 2.25 bits per heavy atom. The molecule has 1 aromatic heterocycles. The first-order valence-corrected chi connectivity index (χ1v) is 7.29. The molecule has 0 amide bonds. The zero-order valence-electron chi connectivity index (χ0n) is 10.6. The number of benzene rings is 1. The normalized spacial score (nSPS) is 11.7. The van der Waals surface area contributed by atoms with E-state index in [9.17, 15) is 18.0 Å². The molecule has 0 aliphatic heterocycles. The summed E-state index contributed by atoms with van der Waals surface area (Å²) in [6.45, 7) is 3.37. The molecule has 1 aromatic carbocycles. The number of alkyl halides is 3. The number of thiophene rings is 1. The van der Waals surface area contributed by atoms with Crippen molar-refractivity contribution in [2.45, 2.75) is 20.0 Å². The summed E-state index contributed by atoms with van der Waals surface area (Å²) in [6.07, 6.45) is -4.39. The molecule has 106 valence electrons. The molecular formula is C14H10BrF3OS. The number of ketones is 1. The average molecular weight is 363 g/mol. The van der Waals surface area contributed by atoms with E-state index in [4.69, 9.17) is 0 Å². The monoisotopic (exact) mass is 362 g/mol. The lowest BCUT2D eigenvalue weighted by atomic mass is 10.0. The van der Waals surface area contributed by atoms with E-state index in [1.165, 1.54) is 24.3 Å². The molecule has 0 fully saturated rings. The minimum Gasteiger partial charge on any atom is -0.288 e. The zero-order valence-corrected chi connectivity index (χ0v) is 13.0. The Morgan fingerprint density at radius 2 is 1.80 bits per heavy atom. The van der Waals surface area contributed by atoms with Crippen LogP contribution in [0.5, 0.6) is 0 Å². The Balaban J connectivity index is 2.41. The molecule has 0 radical (unpaired) electrons. The molecule has 20 heavy (non-hydrogen) atoms. The zero-order chi connectivity index (χ0) is 15.1. The van der Waals surface area contributed by atoms with Gasteiger partial charge in [0, 0.05) is 5.56 Å². The first-order chi connectivity index (χ1) is 9.20. The van der Waals surface area contributed by atoms with Crippen molar-refractivity contribution in [2.24, 2.45) is 0 Å². The lowest BCUT2D eigenvalue weighted by molar-refractivity contribution is -0.137. The van der Waals surface area contributed by atoms with Crippen molar-refractivity contribution < 1.29 is 18.0 Å². The van der Waals surface area contributed by atoms with Crippen LogP contribution in [-0.4, -0.2) is 5.78 Å². The molecule has 0 saturated carbocycles. The van der Waals surface area contributed by atoms with E-state index in [2.05, 4.69) is 15.9 Å². The highest BCUT2D eigenvalue weighted by Gasteiger charge is 2.31. The molecule has 0 bridgehead atoms. The predicted molar refractivity (Wildman–Crippen MR) is 76.4 cm³/mol. The molecule has 0 unspecified atom stereocenters. The van der Waals surface area contributed by atoms with Crippen molar-refractivity contribution in [1.29, 1.82) is 0 Å². The van der Waals surface area contributed by atoms with Gasteiger partial charge in [0.05, 0.1) is 14.2 Å². The van der Waals surface area contributed by atoms with E-state index in [1.807, 2.05) is 6.92 Å². The summed E-state index contributed by atoms with van der Waals surface area (Å²) in [5, 5.41) is 0. The summed E-state index contributed by atoms with van der Waals surface area (Å²) in [7, 11) is 0. The van der Waals surface area contributed by atoms with Gasteiger partial charge in [-0.2, -0.15) is 13.2 Å². The smallest absolute Gasteiger partial charge is 0.288 e. The topological polar surface area (TPSA) is 17.1 Å². The molecule has 1 nitrogen and oxygen atoms in total. The van der Waals surface area contributed by atoms with E-state index < -0.39 is 11.7 Å². The number of halogens is 4. The van der Waals surface area contributed by atoms with E-state index >= 15 is 0 Å². The number of aryl methyl sites for hydroxylation is 2. The quantitative estimate of drug-likeness (QED) is 0.655. The molecule has 0 N–H and O–H groups in total. The van der Waals surface area contributed by atoms with Crippen LogP contribution in [0.1, 0.15) is 31.9 Å². The maximum absolute atomic E-state index is 12.6. The van der Waals surface area contributed by atoms with Crippen molar-refractivity contribution in [3.8, 4) is 0 Å². The van der Waals surface area contributed by atoms with Crippen molar-refractivity contribution >= 4 is 33.0 Å². The van der Waals surface area contributed by atoms with E-state index in [0.29, 0.717) is 16.0 Å². The van der Waals surface area contributed by atoms with Crippen LogP contribution in [0.2, 0.25) is 0 Å². The number of carbonyl (C=O) groups is 1. The second-order valence-electron chi connectivity index (χ2n) is 4.42. The fourth-order valence-electron chi connectivity index (χ4n) is 1.80. The fourth-order valence-corrected chi connectivity index (χ4v) is 3.29. The number of hydrogen-bond acceptors (Lipinski definition) is 2. The van der Waals surface area contributed by atoms with Gasteiger partial charge >= 0.3 is 6.18 Å².